The minimum absolute atomic E-state index is 0.0235. The standard InChI is InChI=1S/C18H23N3O3/c1-20-11-9-19-17(20)13-6-5-10-21(12-13)18(22)14-7-4-8-15(23-2)16(14)24-3/h4,7-9,11,13H,5-6,10,12H2,1-3H3/t13-/m1/s1. The number of carbonyl (C=O) groups excluding carboxylic acids is 1. The van der Waals surface area contributed by atoms with Crippen LogP contribution in [0.25, 0.3) is 0 Å². The maximum absolute atomic E-state index is 13.0. The molecule has 1 saturated heterocycles. The van der Waals surface area contributed by atoms with E-state index < -0.39 is 0 Å². The number of aryl methyl sites for hydroxylation is 1. The summed E-state index contributed by atoms with van der Waals surface area (Å²) in [7, 11) is 5.12. The number of para-hydroxylation sites is 1. The maximum Gasteiger partial charge on any atom is 0.257 e. The third-order valence-electron chi connectivity index (χ3n) is 4.57. The Kier molecular flexibility index (Phi) is 4.74. The summed E-state index contributed by atoms with van der Waals surface area (Å²) in [6, 6.07) is 5.39. The topological polar surface area (TPSA) is 56.6 Å². The second-order valence-electron chi connectivity index (χ2n) is 6.03. The molecule has 2 aromatic rings. The van der Waals surface area contributed by atoms with Crippen molar-refractivity contribution in [1.29, 1.82) is 0 Å². The Labute approximate surface area is 142 Å². The SMILES string of the molecule is COc1cccc(C(=O)N2CCC[C@@H](c3nccn3C)C2)c1OC. The van der Waals surface area contributed by atoms with E-state index >= 15 is 0 Å². The van der Waals surface area contributed by atoms with Crippen molar-refractivity contribution >= 4 is 5.91 Å². The second kappa shape index (κ2) is 6.95. The Morgan fingerprint density at radius 3 is 2.79 bits per heavy atom. The van der Waals surface area contributed by atoms with Gasteiger partial charge in [0.05, 0.1) is 19.8 Å². The van der Waals surface area contributed by atoms with Gasteiger partial charge in [-0.05, 0) is 25.0 Å². The first-order valence-electron chi connectivity index (χ1n) is 8.13. The molecule has 6 nitrogen and oxygen atoms in total. The summed E-state index contributed by atoms with van der Waals surface area (Å²) in [5, 5.41) is 0. The van der Waals surface area contributed by atoms with Crippen LogP contribution in [0.2, 0.25) is 0 Å². The van der Waals surface area contributed by atoms with E-state index in [1.165, 1.54) is 0 Å². The van der Waals surface area contributed by atoms with E-state index in [0.717, 1.165) is 25.2 Å². The molecule has 6 heteroatoms. The number of ether oxygens (including phenoxy) is 2. The molecule has 1 atom stereocenters. The summed E-state index contributed by atoms with van der Waals surface area (Å²) in [4.78, 5) is 19.3. The summed E-state index contributed by atoms with van der Waals surface area (Å²) in [6.07, 6.45) is 5.77. The molecule has 2 heterocycles. The number of hydrogen-bond acceptors (Lipinski definition) is 4. The molecule has 1 fully saturated rings. The van der Waals surface area contributed by atoms with Gasteiger partial charge in [-0.2, -0.15) is 0 Å². The Balaban J connectivity index is 1.84. The number of nitrogens with zero attached hydrogens (tertiary/aromatic N) is 3. The first kappa shape index (κ1) is 16.4. The monoisotopic (exact) mass is 329 g/mol. The Morgan fingerprint density at radius 1 is 1.29 bits per heavy atom. The van der Waals surface area contributed by atoms with Crippen LogP contribution in [0.3, 0.4) is 0 Å². The minimum Gasteiger partial charge on any atom is -0.493 e. The van der Waals surface area contributed by atoms with Crippen LogP contribution in [0, 0.1) is 0 Å². The van der Waals surface area contributed by atoms with Crippen molar-refractivity contribution in [1.82, 2.24) is 14.5 Å². The number of carbonyl (C=O) groups is 1. The molecule has 0 spiro atoms. The first-order chi connectivity index (χ1) is 11.7. The molecular formula is C18H23N3O3. The van der Waals surface area contributed by atoms with Crippen molar-refractivity contribution in [3.8, 4) is 11.5 Å². The van der Waals surface area contributed by atoms with Crippen molar-refractivity contribution in [3.05, 3.63) is 42.0 Å². The highest BCUT2D eigenvalue weighted by atomic mass is 16.5. The maximum atomic E-state index is 13.0. The molecule has 0 N–H and O–H groups in total. The number of likely N-dealkylation sites (tertiary alicyclic amines) is 1. The van der Waals surface area contributed by atoms with Crippen molar-refractivity contribution in [2.24, 2.45) is 7.05 Å². The third kappa shape index (κ3) is 2.96. The van der Waals surface area contributed by atoms with Crippen molar-refractivity contribution in [2.45, 2.75) is 18.8 Å². The molecule has 24 heavy (non-hydrogen) atoms. The van der Waals surface area contributed by atoms with E-state index in [-0.39, 0.29) is 11.8 Å². The van der Waals surface area contributed by atoms with Gasteiger partial charge in [-0.1, -0.05) is 6.07 Å². The van der Waals surface area contributed by atoms with Crippen LogP contribution < -0.4 is 9.47 Å². The molecule has 1 aromatic carbocycles. The van der Waals surface area contributed by atoms with Gasteiger partial charge in [-0.15, -0.1) is 0 Å². The summed E-state index contributed by atoms with van der Waals surface area (Å²) in [5.74, 6) is 2.33. The predicted octanol–water partition coefficient (Wildman–Crippen LogP) is 2.46. The van der Waals surface area contributed by atoms with Gasteiger partial charge in [0, 0.05) is 38.4 Å². The fourth-order valence-electron chi connectivity index (χ4n) is 3.37. The summed E-state index contributed by atoms with van der Waals surface area (Å²) in [6.45, 7) is 1.42. The van der Waals surface area contributed by atoms with E-state index in [1.54, 1.807) is 32.5 Å². The normalized spacial score (nSPS) is 17.6. The zero-order chi connectivity index (χ0) is 17.1. The Hall–Kier alpha value is -2.50. The van der Waals surface area contributed by atoms with Crippen LogP contribution in [0.5, 0.6) is 11.5 Å². The van der Waals surface area contributed by atoms with Crippen LogP contribution in [0.4, 0.5) is 0 Å². The van der Waals surface area contributed by atoms with E-state index in [0.29, 0.717) is 23.6 Å². The van der Waals surface area contributed by atoms with Gasteiger partial charge in [0.25, 0.3) is 5.91 Å². The Bertz CT molecular complexity index is 726. The van der Waals surface area contributed by atoms with Gasteiger partial charge in [0.2, 0.25) is 0 Å². The Morgan fingerprint density at radius 2 is 2.12 bits per heavy atom. The molecule has 0 unspecified atom stereocenters. The van der Waals surface area contributed by atoms with E-state index in [9.17, 15) is 4.79 Å². The quantitative estimate of drug-likeness (QED) is 0.864. The predicted molar refractivity (Wildman–Crippen MR) is 90.6 cm³/mol. The molecule has 0 saturated carbocycles. The highest BCUT2D eigenvalue weighted by molar-refractivity contribution is 5.98. The lowest BCUT2D eigenvalue weighted by atomic mass is 9.96. The molecule has 1 aliphatic heterocycles. The lowest BCUT2D eigenvalue weighted by molar-refractivity contribution is 0.0699. The molecule has 1 amide bonds. The van der Waals surface area contributed by atoms with E-state index in [2.05, 4.69) is 4.98 Å². The number of amides is 1. The largest absolute Gasteiger partial charge is 0.493 e. The van der Waals surface area contributed by atoms with Crippen molar-refractivity contribution in [2.75, 3.05) is 27.3 Å². The van der Waals surface area contributed by atoms with Gasteiger partial charge < -0.3 is 18.9 Å². The van der Waals surface area contributed by atoms with Crippen molar-refractivity contribution < 1.29 is 14.3 Å². The van der Waals surface area contributed by atoms with Gasteiger partial charge in [-0.3, -0.25) is 4.79 Å². The number of methoxy groups -OCH3 is 2. The van der Waals surface area contributed by atoms with Crippen molar-refractivity contribution in [3.63, 3.8) is 0 Å². The lowest BCUT2D eigenvalue weighted by Crippen LogP contribution is -2.39. The third-order valence-corrected chi connectivity index (χ3v) is 4.57. The average molecular weight is 329 g/mol. The van der Waals surface area contributed by atoms with Crippen LogP contribution >= 0.6 is 0 Å². The number of hydrogen-bond donors (Lipinski definition) is 0. The first-order valence-corrected chi connectivity index (χ1v) is 8.13. The zero-order valence-electron chi connectivity index (χ0n) is 14.4. The highest BCUT2D eigenvalue weighted by Crippen LogP contribution is 2.33. The molecule has 0 aliphatic carbocycles. The number of aromatic nitrogens is 2. The molecule has 3 rings (SSSR count). The number of rotatable bonds is 4. The van der Waals surface area contributed by atoms with E-state index in [1.807, 2.05) is 28.8 Å². The molecule has 1 aromatic heterocycles. The second-order valence-corrected chi connectivity index (χ2v) is 6.03. The fraction of sp³-hybridized carbons (Fsp3) is 0.444. The smallest absolute Gasteiger partial charge is 0.257 e. The van der Waals surface area contributed by atoms with Crippen LogP contribution in [-0.2, 0) is 7.05 Å². The van der Waals surface area contributed by atoms with Gasteiger partial charge in [0.1, 0.15) is 5.82 Å². The van der Waals surface area contributed by atoms with E-state index in [4.69, 9.17) is 9.47 Å². The highest BCUT2D eigenvalue weighted by Gasteiger charge is 2.29. The summed E-state index contributed by atoms with van der Waals surface area (Å²) >= 11 is 0. The fourth-order valence-corrected chi connectivity index (χ4v) is 3.37. The van der Waals surface area contributed by atoms with Crippen LogP contribution in [-0.4, -0.2) is 47.7 Å². The molecule has 1 aliphatic rings. The van der Waals surface area contributed by atoms with Gasteiger partial charge in [0.15, 0.2) is 11.5 Å². The number of piperidine rings is 1. The van der Waals surface area contributed by atoms with Crippen LogP contribution in [0.15, 0.2) is 30.6 Å². The molecule has 128 valence electrons. The molecule has 0 bridgehead atoms. The molecule has 0 radical (unpaired) electrons. The summed E-state index contributed by atoms with van der Waals surface area (Å²) in [5.41, 5.74) is 0.539. The van der Waals surface area contributed by atoms with Gasteiger partial charge in [-0.25, -0.2) is 4.98 Å². The summed E-state index contributed by atoms with van der Waals surface area (Å²) < 4.78 is 12.7. The lowest BCUT2D eigenvalue weighted by Gasteiger charge is -2.32. The number of benzene rings is 1. The van der Waals surface area contributed by atoms with Crippen LogP contribution in [0.1, 0.15) is 34.9 Å². The zero-order valence-corrected chi connectivity index (χ0v) is 14.4. The van der Waals surface area contributed by atoms with Gasteiger partial charge >= 0.3 is 0 Å². The number of imidazole rings is 1. The average Bonchev–Trinajstić information content (AvgIpc) is 3.06. The minimum atomic E-state index is -0.0235. The molecular weight excluding hydrogens is 306 g/mol.